The summed E-state index contributed by atoms with van der Waals surface area (Å²) in [5.74, 6) is -2.08. The SMILES string of the molecule is C=C(C)C(O)CC[C@]1(C)C=Cc2c(O)c3c(c(CC=C(C)C)c2O1)O[C@@H]1C(=C[C@@H](C(C)=O)CC1C(C)(I)OCC/C=C(/C)C(=O)O)C3=O. The van der Waals surface area contributed by atoms with E-state index in [-0.39, 0.29) is 35.0 Å². The average Bonchev–Trinajstić information content (AvgIpc) is 3.00. The lowest BCUT2D eigenvalue weighted by molar-refractivity contribution is -0.132. The molecular weight excluding hydrogens is 727 g/mol. The number of aliphatic carboxylic acids is 1. The lowest BCUT2D eigenvalue weighted by Gasteiger charge is -2.45. The molecule has 1 aromatic carbocycles. The predicted octanol–water partition coefficient (Wildman–Crippen LogP) is 7.47. The van der Waals surface area contributed by atoms with Gasteiger partial charge in [0.1, 0.15) is 43.9 Å². The Morgan fingerprint density at radius 3 is 2.50 bits per heavy atom. The first-order chi connectivity index (χ1) is 22.4. The van der Waals surface area contributed by atoms with Crippen LogP contribution in [-0.4, -0.2) is 60.9 Å². The Kier molecular flexibility index (Phi) is 11.5. The number of Topliss-reactive ketones (excluding diaryl/α,β-unsaturated/α-hetero) is 2. The third kappa shape index (κ3) is 7.97. The van der Waals surface area contributed by atoms with E-state index in [4.69, 9.17) is 14.2 Å². The van der Waals surface area contributed by atoms with Crippen LogP contribution in [0.2, 0.25) is 0 Å². The van der Waals surface area contributed by atoms with Crippen molar-refractivity contribution >= 4 is 46.2 Å². The second-order valence-corrected chi connectivity index (χ2v) is 15.9. The minimum Gasteiger partial charge on any atom is -0.506 e. The molecule has 0 saturated carbocycles. The molecule has 9 nitrogen and oxygen atoms in total. The molecule has 0 fully saturated rings. The number of phenolic OH excluding ortho intramolecular Hbond substituents is 1. The van der Waals surface area contributed by atoms with Crippen molar-refractivity contribution in [2.75, 3.05) is 6.61 Å². The average molecular weight is 775 g/mol. The van der Waals surface area contributed by atoms with Crippen LogP contribution in [0.3, 0.4) is 0 Å². The molecule has 0 aromatic heterocycles. The maximum atomic E-state index is 14.4. The number of aromatic hydroxyl groups is 1. The van der Waals surface area contributed by atoms with Crippen LogP contribution < -0.4 is 9.47 Å². The van der Waals surface area contributed by atoms with Gasteiger partial charge in [0.05, 0.1) is 18.3 Å². The van der Waals surface area contributed by atoms with Crippen LogP contribution in [-0.2, 0) is 20.7 Å². The largest absolute Gasteiger partial charge is 0.506 e. The van der Waals surface area contributed by atoms with E-state index in [9.17, 15) is 29.7 Å². The highest BCUT2D eigenvalue weighted by molar-refractivity contribution is 14.1. The van der Waals surface area contributed by atoms with Gasteiger partial charge in [-0.05, 0) is 115 Å². The summed E-state index contributed by atoms with van der Waals surface area (Å²) in [6.45, 7) is 16.6. The van der Waals surface area contributed by atoms with Crippen molar-refractivity contribution in [3.63, 3.8) is 0 Å². The number of alkyl halides is 1. The molecule has 0 amide bonds. The minimum absolute atomic E-state index is 0.0382. The van der Waals surface area contributed by atoms with Gasteiger partial charge in [-0.2, -0.15) is 0 Å². The summed E-state index contributed by atoms with van der Waals surface area (Å²) < 4.78 is 18.8. The Morgan fingerprint density at radius 2 is 1.90 bits per heavy atom. The van der Waals surface area contributed by atoms with Gasteiger partial charge in [0.15, 0.2) is 5.78 Å². The second-order valence-electron chi connectivity index (χ2n) is 13.8. The zero-order valence-corrected chi connectivity index (χ0v) is 31.0. The third-order valence-electron chi connectivity index (χ3n) is 9.42. The Labute approximate surface area is 296 Å². The maximum absolute atomic E-state index is 14.4. The van der Waals surface area contributed by atoms with Crippen LogP contribution in [0.15, 0.2) is 53.2 Å². The summed E-state index contributed by atoms with van der Waals surface area (Å²) in [5.41, 5.74) is 2.47. The molecule has 0 bridgehead atoms. The Morgan fingerprint density at radius 1 is 1.21 bits per heavy atom. The van der Waals surface area contributed by atoms with Crippen molar-refractivity contribution in [1.82, 2.24) is 0 Å². The topological polar surface area (TPSA) is 140 Å². The van der Waals surface area contributed by atoms with Crippen molar-refractivity contribution < 1.29 is 43.9 Å². The van der Waals surface area contributed by atoms with E-state index in [1.54, 1.807) is 25.2 Å². The molecule has 1 aliphatic carbocycles. The summed E-state index contributed by atoms with van der Waals surface area (Å²) in [7, 11) is 0. The summed E-state index contributed by atoms with van der Waals surface area (Å²) in [6, 6.07) is 0. The summed E-state index contributed by atoms with van der Waals surface area (Å²) >= 11 is 2.18. The molecule has 260 valence electrons. The number of hydrogen-bond donors (Lipinski definition) is 3. The summed E-state index contributed by atoms with van der Waals surface area (Å²) in [5, 5.41) is 31.3. The van der Waals surface area contributed by atoms with E-state index >= 15 is 0 Å². The first-order valence-corrected chi connectivity index (χ1v) is 17.4. The van der Waals surface area contributed by atoms with Crippen LogP contribution in [0.5, 0.6) is 17.2 Å². The van der Waals surface area contributed by atoms with E-state index in [2.05, 4.69) is 29.2 Å². The number of carbonyl (C=O) groups excluding carboxylic acids is 2. The van der Waals surface area contributed by atoms with Crippen molar-refractivity contribution in [3.8, 4) is 17.2 Å². The fourth-order valence-electron chi connectivity index (χ4n) is 6.31. The fraction of sp³-hybridized carbons (Fsp3) is 0.500. The third-order valence-corrected chi connectivity index (χ3v) is 10.5. The normalized spacial score (nSPS) is 24.9. The van der Waals surface area contributed by atoms with E-state index in [1.165, 1.54) is 13.8 Å². The number of ether oxygens (including phenoxy) is 3. The zero-order valence-electron chi connectivity index (χ0n) is 28.8. The van der Waals surface area contributed by atoms with E-state index in [1.807, 2.05) is 39.8 Å². The Bertz CT molecular complexity index is 1620. The van der Waals surface area contributed by atoms with Gasteiger partial charge in [-0.25, -0.2) is 4.79 Å². The number of carboxylic acid groups (broad SMARTS) is 1. The van der Waals surface area contributed by atoms with Crippen LogP contribution in [0, 0.1) is 11.8 Å². The number of halogens is 1. The molecular formula is C38H47IO9. The number of aliphatic hydroxyl groups is 1. The van der Waals surface area contributed by atoms with E-state index in [0.717, 1.165) is 5.57 Å². The first-order valence-electron chi connectivity index (χ1n) is 16.3. The van der Waals surface area contributed by atoms with Gasteiger partial charge in [0, 0.05) is 28.5 Å². The highest BCUT2D eigenvalue weighted by atomic mass is 127. The maximum Gasteiger partial charge on any atom is 0.330 e. The minimum atomic E-state index is -0.995. The number of benzene rings is 1. The molecule has 1 aromatic rings. The monoisotopic (exact) mass is 774 g/mol. The number of rotatable bonds is 13. The predicted molar refractivity (Wildman–Crippen MR) is 193 cm³/mol. The highest BCUT2D eigenvalue weighted by Gasteiger charge is 2.51. The number of hydrogen-bond acceptors (Lipinski definition) is 8. The van der Waals surface area contributed by atoms with Gasteiger partial charge in [0.2, 0.25) is 0 Å². The van der Waals surface area contributed by atoms with Gasteiger partial charge >= 0.3 is 5.97 Å². The van der Waals surface area contributed by atoms with Crippen LogP contribution in [0.4, 0.5) is 0 Å². The second kappa shape index (κ2) is 14.7. The molecule has 3 unspecified atom stereocenters. The number of carboxylic acids is 1. The molecule has 0 saturated heterocycles. The molecule has 3 aliphatic rings. The molecule has 48 heavy (non-hydrogen) atoms. The molecule has 4 rings (SSSR count). The molecule has 0 spiro atoms. The van der Waals surface area contributed by atoms with Crippen molar-refractivity contribution in [1.29, 1.82) is 0 Å². The van der Waals surface area contributed by atoms with Gasteiger partial charge in [-0.1, -0.05) is 36.0 Å². The number of fused-ring (bicyclic) bond motifs is 3. The lowest BCUT2D eigenvalue weighted by atomic mass is 9.72. The molecule has 2 heterocycles. The molecule has 2 aliphatic heterocycles. The van der Waals surface area contributed by atoms with E-state index in [0.29, 0.717) is 60.1 Å². The van der Waals surface area contributed by atoms with Gasteiger partial charge in [0.25, 0.3) is 0 Å². The molecule has 10 heteroatoms. The van der Waals surface area contributed by atoms with E-state index < -0.39 is 45.0 Å². The quantitative estimate of drug-likeness (QED) is 0.0613. The zero-order chi connectivity index (χ0) is 35.7. The first kappa shape index (κ1) is 37.6. The van der Waals surface area contributed by atoms with Crippen LogP contribution in [0.25, 0.3) is 6.08 Å². The van der Waals surface area contributed by atoms with Gasteiger partial charge in [-0.15, -0.1) is 0 Å². The highest BCUT2D eigenvalue weighted by Crippen LogP contribution is 2.54. The molecule has 6 atom stereocenters. The van der Waals surface area contributed by atoms with Gasteiger partial charge < -0.3 is 29.5 Å². The van der Waals surface area contributed by atoms with Crippen LogP contribution >= 0.6 is 22.6 Å². The summed E-state index contributed by atoms with van der Waals surface area (Å²) in [6.07, 6.45) is 9.44. The number of phenols is 1. The molecule has 3 N–H and O–H groups in total. The van der Waals surface area contributed by atoms with Crippen molar-refractivity contribution in [3.05, 3.63) is 69.9 Å². The lowest BCUT2D eigenvalue weighted by Crippen LogP contribution is -2.50. The number of ketones is 2. The number of allylic oxidation sites excluding steroid dienone is 3. The molecule has 0 radical (unpaired) electrons. The Balaban J connectivity index is 1.80. The Hall–Kier alpha value is -3.22. The van der Waals surface area contributed by atoms with Crippen molar-refractivity contribution in [2.24, 2.45) is 11.8 Å². The fourth-order valence-corrected chi connectivity index (χ4v) is 7.11. The standard InChI is InChI=1S/C38H47IO9/c1-20(2)11-12-26-33-25(13-15-37(7,48-33)16-14-29(41)21(3)4)31(42)30-32(43)27-18-24(23(6)40)19-28(34(27)47-35(26)30)38(8,39)46-17-9-10-22(5)36(44)45/h10-11,13,15,18,24,28-29,34,41-42H,3,9,12,14,16-17,19H2,1-2,4-8H3,(H,44,45)/b22-10-/t24-,28?,29?,34-,37+,38?/m1/s1. The van der Waals surface area contributed by atoms with Crippen LogP contribution in [0.1, 0.15) is 95.6 Å². The number of aliphatic hydroxyl groups excluding tert-OH is 1. The summed E-state index contributed by atoms with van der Waals surface area (Å²) in [4.78, 5) is 38.4. The smallest absolute Gasteiger partial charge is 0.330 e. The van der Waals surface area contributed by atoms with Crippen molar-refractivity contribution in [2.45, 2.75) is 102 Å². The van der Waals surface area contributed by atoms with Gasteiger partial charge in [-0.3, -0.25) is 9.59 Å². The number of carbonyl (C=O) groups is 3.